The van der Waals surface area contributed by atoms with E-state index in [1.165, 1.54) is 24.3 Å². The molecule has 4 atom stereocenters. The largest absolute Gasteiger partial charge is 0.393 e. The normalized spacial score (nSPS) is 36.5. The molecule has 0 unspecified atom stereocenters. The molecule has 2 bridgehead atoms. The number of aliphatic hydroxyl groups is 1. The first-order valence-electron chi connectivity index (χ1n) is 7.47. The molecule has 2 fully saturated rings. The van der Waals surface area contributed by atoms with Crippen LogP contribution in [0.25, 0.3) is 0 Å². The molecular weight excluding hydrogens is 316 g/mol. The predicted molar refractivity (Wildman–Crippen MR) is 81.0 cm³/mol. The zero-order chi connectivity index (χ0) is 17.3. The fraction of sp³-hybridized carbons (Fsp3) is 0.375. The molecule has 1 N–H and O–H groups in total. The Morgan fingerprint density at radius 1 is 1.29 bits per heavy atom. The number of carbonyl (C=O) groups excluding carboxylic acids is 2. The molecule has 124 valence electrons. The van der Waals surface area contributed by atoms with E-state index in [9.17, 15) is 24.8 Å². The first-order chi connectivity index (χ1) is 11.3. The Labute approximate surface area is 136 Å². The maximum Gasteiger partial charge on any atom is 0.271 e. The molecule has 2 amide bonds. The zero-order valence-corrected chi connectivity index (χ0v) is 12.7. The summed E-state index contributed by atoms with van der Waals surface area (Å²) in [5.74, 6) is -2.55. The Balaban J connectivity index is 1.80. The van der Waals surface area contributed by atoms with Gasteiger partial charge in [-0.2, -0.15) is 0 Å². The first kappa shape index (κ1) is 15.0. The zero-order valence-electron chi connectivity index (χ0n) is 12.7. The number of nitro groups is 1. The summed E-state index contributed by atoms with van der Waals surface area (Å²) < 4.78 is 5.81. The van der Waals surface area contributed by atoms with Crippen LogP contribution in [0.5, 0.6) is 0 Å². The number of rotatable bonds is 3. The number of imide groups is 1. The van der Waals surface area contributed by atoms with Crippen molar-refractivity contribution in [1.82, 2.24) is 0 Å². The average molecular weight is 330 g/mol. The lowest BCUT2D eigenvalue weighted by atomic mass is 9.73. The fourth-order valence-corrected chi connectivity index (χ4v) is 4.04. The van der Waals surface area contributed by atoms with Crippen molar-refractivity contribution in [3.8, 4) is 0 Å². The van der Waals surface area contributed by atoms with Gasteiger partial charge < -0.3 is 9.84 Å². The number of amides is 2. The molecule has 0 radical (unpaired) electrons. The van der Waals surface area contributed by atoms with Crippen molar-refractivity contribution in [2.24, 2.45) is 11.8 Å². The molecule has 2 saturated heterocycles. The highest BCUT2D eigenvalue weighted by Crippen LogP contribution is 2.57. The maximum absolute atomic E-state index is 12.9. The molecule has 8 nitrogen and oxygen atoms in total. The van der Waals surface area contributed by atoms with Crippen LogP contribution in [-0.2, 0) is 14.3 Å². The molecule has 3 aliphatic heterocycles. The third-order valence-corrected chi connectivity index (χ3v) is 5.10. The van der Waals surface area contributed by atoms with Crippen molar-refractivity contribution < 1.29 is 24.4 Å². The SMILES string of the molecule is C[C@@]12C=C[C@@](CO)(O1)[C@@H]1C(=O)N(c3cccc([N+](=O)[O-])c3)C(=O)[C@H]12. The van der Waals surface area contributed by atoms with Crippen LogP contribution in [-0.4, -0.2) is 39.7 Å². The van der Waals surface area contributed by atoms with E-state index in [-0.39, 0.29) is 11.4 Å². The molecule has 1 aromatic carbocycles. The lowest BCUT2D eigenvalue weighted by Crippen LogP contribution is -2.43. The Morgan fingerprint density at radius 2 is 2.00 bits per heavy atom. The van der Waals surface area contributed by atoms with E-state index >= 15 is 0 Å². The lowest BCUT2D eigenvalue weighted by Gasteiger charge is -2.26. The molecule has 8 heteroatoms. The summed E-state index contributed by atoms with van der Waals surface area (Å²) in [5.41, 5.74) is -2.22. The fourth-order valence-electron chi connectivity index (χ4n) is 4.04. The minimum Gasteiger partial charge on any atom is -0.393 e. The number of nitro benzene ring substituents is 1. The molecule has 4 rings (SSSR count). The van der Waals surface area contributed by atoms with Gasteiger partial charge in [-0.1, -0.05) is 18.2 Å². The van der Waals surface area contributed by atoms with Crippen LogP contribution in [0.2, 0.25) is 0 Å². The van der Waals surface area contributed by atoms with Gasteiger partial charge >= 0.3 is 0 Å². The van der Waals surface area contributed by atoms with Gasteiger partial charge in [-0.25, -0.2) is 4.90 Å². The van der Waals surface area contributed by atoms with E-state index in [0.717, 1.165) is 4.90 Å². The number of carbonyl (C=O) groups is 2. The second-order valence-corrected chi connectivity index (χ2v) is 6.48. The van der Waals surface area contributed by atoms with Crippen molar-refractivity contribution in [3.63, 3.8) is 0 Å². The van der Waals surface area contributed by atoms with Gasteiger partial charge in [-0.3, -0.25) is 19.7 Å². The van der Waals surface area contributed by atoms with Crippen molar-refractivity contribution in [2.45, 2.75) is 18.1 Å². The van der Waals surface area contributed by atoms with E-state index < -0.39 is 46.4 Å². The summed E-state index contributed by atoms with van der Waals surface area (Å²) in [6.45, 7) is 1.29. The van der Waals surface area contributed by atoms with Crippen LogP contribution >= 0.6 is 0 Å². The molecule has 3 heterocycles. The second-order valence-electron chi connectivity index (χ2n) is 6.48. The van der Waals surface area contributed by atoms with Crippen LogP contribution < -0.4 is 4.90 Å². The highest BCUT2D eigenvalue weighted by atomic mass is 16.6. The molecule has 0 saturated carbocycles. The van der Waals surface area contributed by atoms with Gasteiger partial charge in [0.05, 0.1) is 34.7 Å². The van der Waals surface area contributed by atoms with Gasteiger partial charge in [0.1, 0.15) is 5.60 Å². The molecular formula is C16H14N2O6. The number of fused-ring (bicyclic) bond motifs is 5. The number of aliphatic hydroxyl groups excluding tert-OH is 1. The minimum atomic E-state index is -1.21. The number of ether oxygens (including phenoxy) is 1. The van der Waals surface area contributed by atoms with Crippen molar-refractivity contribution >= 4 is 23.2 Å². The topological polar surface area (TPSA) is 110 Å². The van der Waals surface area contributed by atoms with Gasteiger partial charge in [0.15, 0.2) is 0 Å². The number of hydrogen-bond donors (Lipinski definition) is 1. The number of nitrogens with zero attached hydrogens (tertiary/aromatic N) is 2. The third kappa shape index (κ3) is 1.64. The van der Waals surface area contributed by atoms with Crippen LogP contribution in [0.1, 0.15) is 6.92 Å². The molecule has 24 heavy (non-hydrogen) atoms. The highest BCUT2D eigenvalue weighted by molar-refractivity contribution is 6.23. The monoisotopic (exact) mass is 330 g/mol. The van der Waals surface area contributed by atoms with E-state index in [2.05, 4.69) is 0 Å². The van der Waals surface area contributed by atoms with E-state index in [1.807, 2.05) is 0 Å². The Morgan fingerprint density at radius 3 is 2.67 bits per heavy atom. The second kappa shape index (κ2) is 4.49. The predicted octanol–water partition coefficient (Wildman–Crippen LogP) is 0.790. The summed E-state index contributed by atoms with van der Waals surface area (Å²) in [6.07, 6.45) is 3.34. The molecule has 3 aliphatic rings. The van der Waals surface area contributed by atoms with Gasteiger partial charge in [0.25, 0.3) is 5.69 Å². The summed E-state index contributed by atoms with van der Waals surface area (Å²) in [4.78, 5) is 37.1. The van der Waals surface area contributed by atoms with E-state index in [4.69, 9.17) is 4.74 Å². The van der Waals surface area contributed by atoms with E-state index in [0.29, 0.717) is 0 Å². The van der Waals surface area contributed by atoms with Crippen molar-refractivity contribution in [2.75, 3.05) is 11.5 Å². The van der Waals surface area contributed by atoms with Crippen LogP contribution in [0.15, 0.2) is 36.4 Å². The molecule has 0 aliphatic carbocycles. The van der Waals surface area contributed by atoms with Crippen molar-refractivity contribution in [1.29, 1.82) is 0 Å². The summed E-state index contributed by atoms with van der Waals surface area (Å²) in [7, 11) is 0. The van der Waals surface area contributed by atoms with Crippen LogP contribution in [0, 0.1) is 22.0 Å². The summed E-state index contributed by atoms with van der Waals surface area (Å²) in [6, 6.07) is 5.39. The third-order valence-electron chi connectivity index (χ3n) is 5.10. The maximum atomic E-state index is 12.9. The van der Waals surface area contributed by atoms with Crippen LogP contribution in [0.4, 0.5) is 11.4 Å². The summed E-state index contributed by atoms with van der Waals surface area (Å²) >= 11 is 0. The Bertz CT molecular complexity index is 821. The summed E-state index contributed by atoms with van der Waals surface area (Å²) in [5, 5.41) is 20.7. The number of benzene rings is 1. The van der Waals surface area contributed by atoms with Crippen LogP contribution in [0.3, 0.4) is 0 Å². The number of non-ortho nitro benzene ring substituents is 1. The van der Waals surface area contributed by atoms with Crippen molar-refractivity contribution in [3.05, 3.63) is 46.5 Å². The van der Waals surface area contributed by atoms with Gasteiger partial charge in [0.2, 0.25) is 11.8 Å². The van der Waals surface area contributed by atoms with Gasteiger partial charge in [-0.05, 0) is 13.0 Å². The van der Waals surface area contributed by atoms with Gasteiger partial charge in [0, 0.05) is 12.1 Å². The molecule has 0 aromatic heterocycles. The van der Waals surface area contributed by atoms with Gasteiger partial charge in [-0.15, -0.1) is 0 Å². The van der Waals surface area contributed by atoms with E-state index in [1.54, 1.807) is 19.1 Å². The number of anilines is 1. The standard InChI is InChI=1S/C16H14N2O6/c1-15-5-6-16(8-19,24-15)12-11(15)13(20)17(14(12)21)9-3-2-4-10(7-9)18(22)23/h2-7,11-12,19H,8H2,1H3/t11-,12-,15-,16-/m0/s1. The highest BCUT2D eigenvalue weighted by Gasteiger charge is 2.72. The first-order valence-corrected chi connectivity index (χ1v) is 7.47. The molecule has 1 aromatic rings. The quantitative estimate of drug-likeness (QED) is 0.380. The average Bonchev–Trinajstić information content (AvgIpc) is 3.13. The minimum absolute atomic E-state index is 0.157. The smallest absolute Gasteiger partial charge is 0.271 e. The Kier molecular flexibility index (Phi) is 2.80. The lowest BCUT2D eigenvalue weighted by molar-refractivity contribution is -0.384. The molecule has 0 spiro atoms. The number of hydrogen-bond acceptors (Lipinski definition) is 6. The Hall–Kier alpha value is -2.58.